The van der Waals surface area contributed by atoms with E-state index in [2.05, 4.69) is 0 Å². The molecule has 0 spiro atoms. The molecule has 0 amide bonds. The standard InChI is InChI=1S/C18H22FN4O14PS/c19-12-14(23-4-2-8(26)21-17(23)31)34-6(5-24)18(12,32)37-38(33,39)36-15(29)11-9(27)10(28)13(35-11)22-3-1-7(25)20-16(22)30/h1-4,6,9-15,24,27-29,32H,5H2,(H,33,39)(H,20,25,30)(H,21,26,31)/t6-,9+,10-,11+,12+,13-,14-,15?,18-,38?/m1/s1. The number of aromatic nitrogens is 4. The largest absolute Gasteiger partial charge is 0.393 e. The Labute approximate surface area is 219 Å². The van der Waals surface area contributed by atoms with Crippen LogP contribution in [0.2, 0.25) is 0 Å². The predicted octanol–water partition coefficient (Wildman–Crippen LogP) is -4.81. The fourth-order valence-electron chi connectivity index (χ4n) is 4.02. The van der Waals surface area contributed by atoms with E-state index in [1.165, 1.54) is 0 Å². The Morgan fingerprint density at radius 1 is 1.05 bits per heavy atom. The molecule has 0 aliphatic carbocycles. The van der Waals surface area contributed by atoms with E-state index in [-0.39, 0.29) is 0 Å². The average molecular weight is 600 g/mol. The van der Waals surface area contributed by atoms with E-state index in [9.17, 15) is 49.6 Å². The fourth-order valence-corrected chi connectivity index (χ4v) is 5.66. The Bertz CT molecular complexity index is 1500. The monoisotopic (exact) mass is 600 g/mol. The molecule has 2 unspecified atom stereocenters. The first-order chi connectivity index (χ1) is 18.2. The number of rotatable bonds is 8. The van der Waals surface area contributed by atoms with Crippen LogP contribution in [-0.2, 0) is 30.3 Å². The van der Waals surface area contributed by atoms with E-state index >= 15 is 4.39 Å². The fraction of sp³-hybridized carbons (Fsp3) is 0.556. The number of hydrogen-bond acceptors (Lipinski definition) is 14. The van der Waals surface area contributed by atoms with Crippen LogP contribution in [0.5, 0.6) is 0 Å². The maximum Gasteiger partial charge on any atom is 0.330 e. The van der Waals surface area contributed by atoms with Crippen molar-refractivity contribution in [2.75, 3.05) is 6.61 Å². The second-order valence-corrected chi connectivity index (χ2v) is 11.1. The van der Waals surface area contributed by atoms with Crippen LogP contribution >= 0.6 is 6.72 Å². The number of aromatic amines is 2. The topological polar surface area (TPSA) is 268 Å². The van der Waals surface area contributed by atoms with E-state index in [0.717, 1.165) is 24.5 Å². The minimum Gasteiger partial charge on any atom is -0.393 e. The molecule has 8 N–H and O–H groups in total. The zero-order valence-corrected chi connectivity index (χ0v) is 20.9. The van der Waals surface area contributed by atoms with E-state index in [1.807, 2.05) is 9.97 Å². The SMILES string of the molecule is O=c1ccn([C@@H]2O[C@H](C(O)OP(O)(=S)O[C@]3(O)[C@@H](CO)O[C@@H](n4ccc(=O)[nH]c4=O)[C@@H]3F)[C@@H](O)[C@H]2O)c(=O)[nH]1. The number of ether oxygens (including phenoxy) is 2. The summed E-state index contributed by atoms with van der Waals surface area (Å²) in [4.78, 5) is 60.8. The minimum absolute atomic E-state index is 0.523. The number of H-pyrrole nitrogens is 2. The van der Waals surface area contributed by atoms with Crippen molar-refractivity contribution < 1.29 is 53.3 Å². The third kappa shape index (κ3) is 5.59. The van der Waals surface area contributed by atoms with Crippen molar-refractivity contribution in [3.05, 3.63) is 66.2 Å². The lowest BCUT2D eigenvalue weighted by atomic mass is 10.1. The van der Waals surface area contributed by atoms with E-state index in [1.54, 1.807) is 0 Å². The first-order valence-electron chi connectivity index (χ1n) is 10.9. The van der Waals surface area contributed by atoms with Gasteiger partial charge in [0.05, 0.1) is 6.61 Å². The molecule has 2 aliphatic rings. The first kappa shape index (κ1) is 29.5. The van der Waals surface area contributed by atoms with Gasteiger partial charge in [-0.05, 0) is 11.8 Å². The molecule has 10 atom stereocenters. The van der Waals surface area contributed by atoms with Crippen LogP contribution in [0, 0.1) is 0 Å². The van der Waals surface area contributed by atoms with Gasteiger partial charge < -0.3 is 39.9 Å². The molecule has 0 aromatic carbocycles. The molecule has 39 heavy (non-hydrogen) atoms. The maximum absolute atomic E-state index is 15.4. The van der Waals surface area contributed by atoms with Crippen LogP contribution in [0.1, 0.15) is 12.5 Å². The Morgan fingerprint density at radius 3 is 2.10 bits per heavy atom. The number of nitrogens with one attached hydrogen (secondary N) is 2. The van der Waals surface area contributed by atoms with Gasteiger partial charge in [0.1, 0.15) is 24.4 Å². The summed E-state index contributed by atoms with van der Waals surface area (Å²) in [5.41, 5.74) is -3.77. The van der Waals surface area contributed by atoms with Crippen molar-refractivity contribution in [2.24, 2.45) is 0 Å². The molecule has 4 rings (SSSR count). The van der Waals surface area contributed by atoms with Crippen LogP contribution in [0.25, 0.3) is 0 Å². The van der Waals surface area contributed by atoms with Crippen LogP contribution in [0.15, 0.2) is 43.7 Å². The van der Waals surface area contributed by atoms with Crippen molar-refractivity contribution in [1.29, 1.82) is 0 Å². The summed E-state index contributed by atoms with van der Waals surface area (Å²) in [5.74, 6) is -3.26. The first-order valence-corrected chi connectivity index (χ1v) is 13.4. The smallest absolute Gasteiger partial charge is 0.330 e. The molecule has 21 heteroatoms. The van der Waals surface area contributed by atoms with Gasteiger partial charge in [-0.15, -0.1) is 0 Å². The highest BCUT2D eigenvalue weighted by atomic mass is 32.5. The number of nitrogens with zero attached hydrogens (tertiary/aromatic N) is 2. The molecule has 2 aromatic rings. The van der Waals surface area contributed by atoms with Gasteiger partial charge >= 0.3 is 18.1 Å². The molecule has 2 aromatic heterocycles. The highest BCUT2D eigenvalue weighted by molar-refractivity contribution is 8.07. The van der Waals surface area contributed by atoms with E-state index < -0.39 is 90.9 Å². The van der Waals surface area contributed by atoms with Crippen molar-refractivity contribution >= 4 is 18.5 Å². The Hall–Kier alpha value is -2.46. The molecule has 2 fully saturated rings. The summed E-state index contributed by atoms with van der Waals surface area (Å²) in [6.07, 6.45) is -14.7. The molecule has 216 valence electrons. The normalized spacial score (nSPS) is 35.1. The summed E-state index contributed by atoms with van der Waals surface area (Å²) < 4.78 is 36.6. The van der Waals surface area contributed by atoms with Crippen molar-refractivity contribution in [1.82, 2.24) is 19.1 Å². The number of halogens is 1. The summed E-state index contributed by atoms with van der Waals surface area (Å²) in [5, 5.41) is 51.4. The third-order valence-corrected chi connectivity index (χ3v) is 7.37. The molecule has 18 nitrogen and oxygen atoms in total. The molecule has 0 radical (unpaired) electrons. The lowest BCUT2D eigenvalue weighted by Crippen LogP contribution is -2.50. The number of hydrogen-bond donors (Lipinski definition) is 8. The second kappa shape index (κ2) is 10.8. The van der Waals surface area contributed by atoms with Gasteiger partial charge in [0, 0.05) is 24.5 Å². The van der Waals surface area contributed by atoms with Gasteiger partial charge in [0.25, 0.3) is 11.1 Å². The van der Waals surface area contributed by atoms with Crippen LogP contribution < -0.4 is 22.5 Å². The molecule has 4 heterocycles. The van der Waals surface area contributed by atoms with Crippen molar-refractivity contribution in [2.45, 2.75) is 55.1 Å². The quantitative estimate of drug-likeness (QED) is 0.104. The summed E-state index contributed by atoms with van der Waals surface area (Å²) in [7, 11) is 0. The lowest BCUT2D eigenvalue weighted by molar-refractivity contribution is -0.218. The Balaban J connectivity index is 1.52. The molecule has 0 saturated carbocycles. The van der Waals surface area contributed by atoms with Gasteiger partial charge in [-0.2, -0.15) is 0 Å². The zero-order valence-electron chi connectivity index (χ0n) is 19.2. The zero-order chi connectivity index (χ0) is 28.9. The van der Waals surface area contributed by atoms with Crippen LogP contribution in [0.4, 0.5) is 4.39 Å². The predicted molar refractivity (Wildman–Crippen MR) is 124 cm³/mol. The third-order valence-electron chi connectivity index (χ3n) is 5.89. The number of alkyl halides is 1. The lowest BCUT2D eigenvalue weighted by Gasteiger charge is -2.33. The summed E-state index contributed by atoms with van der Waals surface area (Å²) in [6.45, 7) is -6.06. The van der Waals surface area contributed by atoms with Gasteiger partial charge in [-0.25, -0.2) is 14.0 Å². The molecule has 2 saturated heterocycles. The molecule has 0 bridgehead atoms. The van der Waals surface area contributed by atoms with Crippen LogP contribution in [-0.4, -0.2) is 98.8 Å². The second-order valence-electron chi connectivity index (χ2n) is 8.41. The highest BCUT2D eigenvalue weighted by Gasteiger charge is 2.61. The van der Waals surface area contributed by atoms with Gasteiger partial charge in [0.15, 0.2) is 18.7 Å². The van der Waals surface area contributed by atoms with Crippen molar-refractivity contribution in [3.8, 4) is 0 Å². The Morgan fingerprint density at radius 2 is 1.59 bits per heavy atom. The number of aliphatic hydroxyl groups is 5. The van der Waals surface area contributed by atoms with Gasteiger partial charge in [0.2, 0.25) is 12.0 Å². The summed E-state index contributed by atoms with van der Waals surface area (Å²) in [6, 6.07) is 1.75. The molecule has 2 aliphatic heterocycles. The van der Waals surface area contributed by atoms with E-state index in [0.29, 0.717) is 9.13 Å². The summed E-state index contributed by atoms with van der Waals surface area (Å²) >= 11 is 4.73. The molecular weight excluding hydrogens is 578 g/mol. The highest BCUT2D eigenvalue weighted by Crippen LogP contribution is 2.54. The molecular formula is C18H22FN4O14PS. The van der Waals surface area contributed by atoms with Crippen molar-refractivity contribution in [3.63, 3.8) is 0 Å². The maximum atomic E-state index is 15.4. The van der Waals surface area contributed by atoms with Gasteiger partial charge in [-0.1, -0.05) is 0 Å². The Kier molecular flexibility index (Phi) is 8.21. The minimum atomic E-state index is -4.93. The average Bonchev–Trinajstić information content (AvgIpc) is 3.26. The number of aliphatic hydroxyl groups excluding tert-OH is 4. The van der Waals surface area contributed by atoms with E-state index in [4.69, 9.17) is 30.3 Å². The van der Waals surface area contributed by atoms with Gasteiger partial charge in [-0.3, -0.25) is 37.7 Å². The van der Waals surface area contributed by atoms with Crippen LogP contribution in [0.3, 0.4) is 0 Å².